The molecule has 0 N–H and O–H groups in total. The zero-order chi connectivity index (χ0) is 18.8. The molecule has 1 amide bonds. The Bertz CT molecular complexity index is 917. The van der Waals surface area contributed by atoms with Crippen molar-refractivity contribution in [2.24, 2.45) is 0 Å². The van der Waals surface area contributed by atoms with Crippen LogP contribution in [0.25, 0.3) is 0 Å². The maximum atomic E-state index is 13.3. The number of rotatable bonds is 4. The second kappa shape index (κ2) is 7.57. The third-order valence-electron chi connectivity index (χ3n) is 5.05. The summed E-state index contributed by atoms with van der Waals surface area (Å²) in [4.78, 5) is 16.6. The van der Waals surface area contributed by atoms with Crippen LogP contribution in [0.2, 0.25) is 0 Å². The van der Waals surface area contributed by atoms with Crippen LogP contribution in [0.1, 0.15) is 34.5 Å². The van der Waals surface area contributed by atoms with Gasteiger partial charge in [-0.3, -0.25) is 4.79 Å². The van der Waals surface area contributed by atoms with Gasteiger partial charge in [0.25, 0.3) is 5.91 Å². The van der Waals surface area contributed by atoms with Gasteiger partial charge in [-0.2, -0.15) is 0 Å². The highest BCUT2D eigenvalue weighted by Gasteiger charge is 2.35. The van der Waals surface area contributed by atoms with Crippen molar-refractivity contribution in [1.29, 1.82) is 0 Å². The fourth-order valence-electron chi connectivity index (χ4n) is 3.65. The molecular weight excluding hydrogens is 354 g/mol. The van der Waals surface area contributed by atoms with Crippen LogP contribution in [0.3, 0.4) is 0 Å². The number of benzene rings is 2. The molecule has 1 aromatic heterocycles. The molecule has 0 aliphatic carbocycles. The predicted octanol–water partition coefficient (Wildman–Crippen LogP) is 5.00. The number of hydrogen-bond acceptors (Lipinski definition) is 3. The van der Waals surface area contributed by atoms with Gasteiger partial charge in [0.2, 0.25) is 0 Å². The number of nitrogens with zero attached hydrogens (tertiary/aromatic N) is 1. The zero-order valence-corrected chi connectivity index (χ0v) is 16.4. The molecule has 3 aromatic rings. The van der Waals surface area contributed by atoms with Gasteiger partial charge in [-0.25, -0.2) is 0 Å². The number of thiophene rings is 1. The minimum atomic E-state index is -0.529. The van der Waals surface area contributed by atoms with Gasteiger partial charge in [-0.1, -0.05) is 48.0 Å². The van der Waals surface area contributed by atoms with Crippen LogP contribution in [0, 0.1) is 6.92 Å². The number of carbonyl (C=O) groups is 1. The van der Waals surface area contributed by atoms with Crippen molar-refractivity contribution in [2.75, 3.05) is 6.54 Å². The quantitative estimate of drug-likeness (QED) is 0.640. The molecule has 0 radical (unpaired) electrons. The van der Waals surface area contributed by atoms with E-state index in [2.05, 4.69) is 23.6 Å². The standard InChI is InChI=1S/C23H23NO2S/c1-16-8-10-19(11-9-16)26-17(2)23(25)24-14-12-21-20(13-15-27-21)22(24)18-6-4-3-5-7-18/h3-11,13,15,17,22H,12,14H2,1-2H3/t17-,22-/m1/s1. The number of amides is 1. The van der Waals surface area contributed by atoms with Gasteiger partial charge >= 0.3 is 0 Å². The summed E-state index contributed by atoms with van der Waals surface area (Å²) < 4.78 is 5.95. The smallest absolute Gasteiger partial charge is 0.264 e. The molecule has 2 aromatic carbocycles. The summed E-state index contributed by atoms with van der Waals surface area (Å²) in [6.07, 6.45) is 0.374. The highest BCUT2D eigenvalue weighted by Crippen LogP contribution is 2.38. The number of fused-ring (bicyclic) bond motifs is 1. The summed E-state index contributed by atoms with van der Waals surface area (Å²) in [6, 6.07) is 20.2. The van der Waals surface area contributed by atoms with Crippen molar-refractivity contribution in [1.82, 2.24) is 4.90 Å². The maximum absolute atomic E-state index is 13.3. The summed E-state index contributed by atoms with van der Waals surface area (Å²) in [5, 5.41) is 2.13. The van der Waals surface area contributed by atoms with E-state index in [1.54, 1.807) is 11.3 Å². The molecular formula is C23H23NO2S. The van der Waals surface area contributed by atoms with Crippen LogP contribution in [0.4, 0.5) is 0 Å². The molecule has 0 spiro atoms. The monoisotopic (exact) mass is 377 g/mol. The van der Waals surface area contributed by atoms with Crippen molar-refractivity contribution in [2.45, 2.75) is 32.4 Å². The van der Waals surface area contributed by atoms with Gasteiger partial charge in [-0.05, 0) is 55.0 Å². The van der Waals surface area contributed by atoms with E-state index in [1.807, 2.05) is 61.2 Å². The molecule has 1 aliphatic rings. The number of hydrogen-bond donors (Lipinski definition) is 0. The average molecular weight is 378 g/mol. The molecule has 0 saturated carbocycles. The largest absolute Gasteiger partial charge is 0.481 e. The van der Waals surface area contributed by atoms with Crippen molar-refractivity contribution < 1.29 is 9.53 Å². The van der Waals surface area contributed by atoms with Crippen molar-refractivity contribution >= 4 is 17.2 Å². The molecule has 4 heteroatoms. The van der Waals surface area contributed by atoms with Crippen LogP contribution in [-0.4, -0.2) is 23.5 Å². The lowest BCUT2D eigenvalue weighted by Crippen LogP contribution is -2.46. The van der Waals surface area contributed by atoms with E-state index < -0.39 is 6.10 Å². The molecule has 2 heterocycles. The zero-order valence-electron chi connectivity index (χ0n) is 15.6. The van der Waals surface area contributed by atoms with E-state index in [9.17, 15) is 4.79 Å². The molecule has 2 atom stereocenters. The first-order valence-corrected chi connectivity index (χ1v) is 10.2. The molecule has 3 nitrogen and oxygen atoms in total. The third-order valence-corrected chi connectivity index (χ3v) is 6.04. The Balaban J connectivity index is 1.60. The average Bonchev–Trinajstić information content (AvgIpc) is 3.18. The summed E-state index contributed by atoms with van der Waals surface area (Å²) >= 11 is 1.78. The topological polar surface area (TPSA) is 29.5 Å². The Morgan fingerprint density at radius 2 is 1.85 bits per heavy atom. The fraction of sp³-hybridized carbons (Fsp3) is 0.261. The van der Waals surface area contributed by atoms with Crippen molar-refractivity contribution in [3.05, 3.63) is 87.6 Å². The van der Waals surface area contributed by atoms with Crippen LogP contribution in [-0.2, 0) is 11.2 Å². The maximum Gasteiger partial charge on any atom is 0.264 e. The molecule has 0 fully saturated rings. The molecule has 27 heavy (non-hydrogen) atoms. The molecule has 0 bridgehead atoms. The Kier molecular flexibility index (Phi) is 4.99. The summed E-state index contributed by atoms with van der Waals surface area (Å²) in [7, 11) is 0. The minimum absolute atomic E-state index is 0.0290. The Hall–Kier alpha value is -2.59. The van der Waals surface area contributed by atoms with Crippen LogP contribution in [0.5, 0.6) is 5.75 Å². The minimum Gasteiger partial charge on any atom is -0.481 e. The summed E-state index contributed by atoms with van der Waals surface area (Å²) in [6.45, 7) is 4.59. The molecule has 1 aliphatic heterocycles. The first-order chi connectivity index (χ1) is 13.1. The Morgan fingerprint density at radius 3 is 2.59 bits per heavy atom. The van der Waals surface area contributed by atoms with Gasteiger partial charge in [0.15, 0.2) is 6.10 Å². The lowest BCUT2D eigenvalue weighted by atomic mass is 9.93. The van der Waals surface area contributed by atoms with Crippen LogP contribution < -0.4 is 4.74 Å². The molecule has 0 saturated heterocycles. The van der Waals surface area contributed by atoms with Gasteiger partial charge in [0, 0.05) is 11.4 Å². The van der Waals surface area contributed by atoms with E-state index in [-0.39, 0.29) is 11.9 Å². The first-order valence-electron chi connectivity index (χ1n) is 9.28. The second-order valence-electron chi connectivity index (χ2n) is 6.97. The van der Waals surface area contributed by atoms with E-state index in [4.69, 9.17) is 4.74 Å². The lowest BCUT2D eigenvalue weighted by molar-refractivity contribution is -0.140. The second-order valence-corrected chi connectivity index (χ2v) is 7.97. The lowest BCUT2D eigenvalue weighted by Gasteiger charge is -2.37. The first kappa shape index (κ1) is 17.8. The van der Waals surface area contributed by atoms with E-state index in [0.717, 1.165) is 17.7 Å². The van der Waals surface area contributed by atoms with Gasteiger partial charge in [0.05, 0.1) is 6.04 Å². The van der Waals surface area contributed by atoms with Gasteiger partial charge in [-0.15, -0.1) is 11.3 Å². The summed E-state index contributed by atoms with van der Waals surface area (Å²) in [5.74, 6) is 0.757. The summed E-state index contributed by atoms with van der Waals surface area (Å²) in [5.41, 5.74) is 3.56. The third kappa shape index (κ3) is 3.62. The molecule has 0 unspecified atom stereocenters. The fourth-order valence-corrected chi connectivity index (χ4v) is 4.56. The van der Waals surface area contributed by atoms with Crippen LogP contribution >= 0.6 is 11.3 Å². The van der Waals surface area contributed by atoms with E-state index in [1.165, 1.54) is 16.0 Å². The number of carbonyl (C=O) groups excluding carboxylic acids is 1. The van der Waals surface area contributed by atoms with Gasteiger partial charge in [0.1, 0.15) is 5.75 Å². The predicted molar refractivity (Wildman–Crippen MR) is 109 cm³/mol. The van der Waals surface area contributed by atoms with Crippen LogP contribution in [0.15, 0.2) is 66.0 Å². The Labute approximate surface area is 164 Å². The molecule has 4 rings (SSSR count). The van der Waals surface area contributed by atoms with E-state index >= 15 is 0 Å². The van der Waals surface area contributed by atoms with Gasteiger partial charge < -0.3 is 9.64 Å². The molecule has 138 valence electrons. The number of ether oxygens (including phenoxy) is 1. The van der Waals surface area contributed by atoms with E-state index in [0.29, 0.717) is 6.54 Å². The highest BCUT2D eigenvalue weighted by atomic mass is 32.1. The number of aryl methyl sites for hydroxylation is 1. The SMILES string of the molecule is Cc1ccc(O[C@H](C)C(=O)N2CCc3sccc3[C@H]2c2ccccc2)cc1. The van der Waals surface area contributed by atoms with Crippen molar-refractivity contribution in [3.8, 4) is 5.75 Å². The highest BCUT2D eigenvalue weighted by molar-refractivity contribution is 7.10. The normalized spacial score (nSPS) is 17.3. The van der Waals surface area contributed by atoms with Crippen molar-refractivity contribution in [3.63, 3.8) is 0 Å². The Morgan fingerprint density at radius 1 is 1.11 bits per heavy atom.